The Bertz CT molecular complexity index is 1200. The third-order valence-corrected chi connectivity index (χ3v) is 10.5. The zero-order chi connectivity index (χ0) is 40.9. The lowest BCUT2D eigenvalue weighted by atomic mass is 9.90. The molecule has 318 valence electrons. The van der Waals surface area contributed by atoms with Gasteiger partial charge in [-0.3, -0.25) is 28.2 Å². The van der Waals surface area contributed by atoms with Crippen molar-refractivity contribution in [2.24, 2.45) is 17.6 Å². The summed E-state index contributed by atoms with van der Waals surface area (Å²) >= 11 is 0. The molecule has 0 amide bonds. The van der Waals surface area contributed by atoms with Gasteiger partial charge in [0.05, 0.1) is 25.4 Å². The summed E-state index contributed by atoms with van der Waals surface area (Å²) in [5, 5.41) is 29.5. The average molecular weight is 804 g/mol. The van der Waals surface area contributed by atoms with E-state index in [1.54, 1.807) is 12.2 Å². The molecule has 0 heterocycles. The number of carbonyl (C=O) groups is 4. The lowest BCUT2D eigenvalue weighted by Crippen LogP contribution is -2.34. The van der Waals surface area contributed by atoms with Crippen LogP contribution in [0.1, 0.15) is 149 Å². The van der Waals surface area contributed by atoms with Crippen molar-refractivity contribution in [3.05, 3.63) is 24.3 Å². The van der Waals surface area contributed by atoms with E-state index < -0.39 is 75.8 Å². The molecule has 1 fully saturated rings. The Labute approximate surface area is 328 Å². The zero-order valence-corrected chi connectivity index (χ0v) is 34.1. The van der Waals surface area contributed by atoms with Crippen LogP contribution in [0.2, 0.25) is 0 Å². The van der Waals surface area contributed by atoms with E-state index in [0.717, 1.165) is 44.9 Å². The Hall–Kier alpha value is -2.45. The number of ketones is 1. The number of hydrogen-bond acceptors (Lipinski definition) is 12. The Morgan fingerprint density at radius 2 is 1.42 bits per heavy atom. The topological polar surface area (TPSA) is 229 Å². The molecule has 15 heteroatoms. The summed E-state index contributed by atoms with van der Waals surface area (Å²) in [5.74, 6) is -3.41. The number of rotatable bonds is 34. The van der Waals surface area contributed by atoms with Gasteiger partial charge in [0.25, 0.3) is 0 Å². The zero-order valence-electron chi connectivity index (χ0n) is 33.2. The number of hydrogen-bond donors (Lipinski definition) is 5. The average Bonchev–Trinajstić information content (AvgIpc) is 3.41. The van der Waals surface area contributed by atoms with Gasteiger partial charge in [-0.1, -0.05) is 122 Å². The van der Waals surface area contributed by atoms with Crippen LogP contribution in [0.4, 0.5) is 0 Å². The third kappa shape index (κ3) is 25.4. The summed E-state index contributed by atoms with van der Waals surface area (Å²) < 4.78 is 32.5. The van der Waals surface area contributed by atoms with E-state index in [0.29, 0.717) is 32.1 Å². The van der Waals surface area contributed by atoms with Crippen LogP contribution in [0.3, 0.4) is 0 Å². The number of carboxylic acids is 1. The number of carboxylic acid groups (broad SMARTS) is 1. The maximum Gasteiger partial charge on any atom is 0.472 e. The fraction of sp³-hybridized carbons (Fsp3) is 0.800. The molecule has 0 spiro atoms. The van der Waals surface area contributed by atoms with Crippen LogP contribution in [-0.2, 0) is 42.3 Å². The summed E-state index contributed by atoms with van der Waals surface area (Å²) in [7, 11) is -4.77. The van der Waals surface area contributed by atoms with E-state index in [1.807, 2.05) is 12.2 Å². The highest BCUT2D eigenvalue weighted by Crippen LogP contribution is 2.43. The summed E-state index contributed by atoms with van der Waals surface area (Å²) in [4.78, 5) is 58.5. The summed E-state index contributed by atoms with van der Waals surface area (Å²) in [6.45, 7) is 2.40. The number of ether oxygens (including phenoxy) is 2. The minimum absolute atomic E-state index is 0.0328. The first kappa shape index (κ1) is 50.6. The highest BCUT2D eigenvalue weighted by atomic mass is 31.2. The fourth-order valence-electron chi connectivity index (χ4n) is 6.22. The van der Waals surface area contributed by atoms with Gasteiger partial charge in [-0.15, -0.1) is 0 Å². The molecule has 1 aliphatic carbocycles. The number of carbonyl (C=O) groups excluding carboxylic acids is 3. The maximum absolute atomic E-state index is 12.6. The van der Waals surface area contributed by atoms with Crippen molar-refractivity contribution < 1.29 is 62.5 Å². The number of aliphatic carboxylic acids is 1. The van der Waals surface area contributed by atoms with Gasteiger partial charge >= 0.3 is 25.7 Å². The molecule has 1 rings (SSSR count). The number of nitrogens with two attached hydrogens (primary N) is 1. The van der Waals surface area contributed by atoms with Gasteiger partial charge in [0.2, 0.25) is 0 Å². The quantitative estimate of drug-likeness (QED) is 0.0194. The number of phosphoric acid groups is 1. The summed E-state index contributed by atoms with van der Waals surface area (Å²) in [6.07, 6.45) is 22.0. The van der Waals surface area contributed by atoms with Crippen molar-refractivity contribution in [3.8, 4) is 0 Å². The number of esters is 2. The molecular weight excluding hydrogens is 733 g/mol. The molecule has 0 aliphatic heterocycles. The molecule has 6 N–H and O–H groups in total. The van der Waals surface area contributed by atoms with Gasteiger partial charge in [0.1, 0.15) is 18.4 Å². The van der Waals surface area contributed by atoms with Gasteiger partial charge in [-0.2, -0.15) is 0 Å². The molecule has 55 heavy (non-hydrogen) atoms. The third-order valence-electron chi connectivity index (χ3n) is 9.58. The minimum atomic E-state index is -4.77. The van der Waals surface area contributed by atoms with Crippen molar-refractivity contribution >= 4 is 31.5 Å². The molecule has 0 radical (unpaired) electrons. The second kappa shape index (κ2) is 30.7. The molecule has 1 unspecified atom stereocenters. The predicted molar refractivity (Wildman–Crippen MR) is 209 cm³/mol. The SMILES string of the molecule is CCCCCCCCCCCCCC(=O)O[C@H](COC(=O)CCC/C=C\C[C@H]1[C@@H](O)CC(=O)[C@@H]1/C=C/[C@@H](O)CCCCC)COP(=O)(O)OC[C@H](N)C(=O)O. The highest BCUT2D eigenvalue weighted by Gasteiger charge is 2.39. The maximum atomic E-state index is 12.6. The van der Waals surface area contributed by atoms with Crippen LogP contribution in [0.15, 0.2) is 24.3 Å². The van der Waals surface area contributed by atoms with Crippen LogP contribution >= 0.6 is 7.82 Å². The fourth-order valence-corrected chi connectivity index (χ4v) is 7.00. The monoisotopic (exact) mass is 803 g/mol. The van der Waals surface area contributed by atoms with E-state index in [2.05, 4.69) is 18.4 Å². The number of Topliss-reactive ketones (excluding diaryl/α,β-unsaturated/α-hetero) is 1. The van der Waals surface area contributed by atoms with Crippen LogP contribution in [-0.4, -0.2) is 88.1 Å². The number of phosphoric ester groups is 1. The Kier molecular flexibility index (Phi) is 28.2. The van der Waals surface area contributed by atoms with E-state index in [-0.39, 0.29) is 31.0 Å². The molecular formula is C40H70NO13P. The van der Waals surface area contributed by atoms with E-state index in [9.17, 15) is 38.8 Å². The first-order valence-electron chi connectivity index (χ1n) is 20.5. The van der Waals surface area contributed by atoms with Crippen molar-refractivity contribution in [3.63, 3.8) is 0 Å². The van der Waals surface area contributed by atoms with Crippen LogP contribution < -0.4 is 5.73 Å². The largest absolute Gasteiger partial charge is 0.480 e. The molecule has 0 bridgehead atoms. The molecule has 0 aromatic carbocycles. The molecule has 0 aromatic heterocycles. The Balaban J connectivity index is 2.54. The molecule has 14 nitrogen and oxygen atoms in total. The Morgan fingerprint density at radius 1 is 0.836 bits per heavy atom. The standard InChI is InChI=1S/C40H70NO13P/c1-3-5-7-8-9-10-11-12-13-14-20-24-39(46)54-32(29-52-55(49,50)53-30-35(41)40(47)48)28-51-38(45)23-19-16-15-18-22-33-34(37(44)27-36(33)43)26-25-31(42)21-17-6-4-2/h15,18,25-26,31-36,42-43H,3-14,16-17,19-24,27-30,41H2,1-2H3,(H,47,48)(H,49,50)/b18-15-,26-25+/t31-,32+,33+,34+,35-,36-/m0/s1. The smallest absolute Gasteiger partial charge is 0.472 e. The molecule has 1 saturated carbocycles. The number of allylic oxidation sites excluding steroid dienone is 3. The lowest BCUT2D eigenvalue weighted by molar-refractivity contribution is -0.161. The van der Waals surface area contributed by atoms with Crippen LogP contribution in [0, 0.1) is 11.8 Å². The minimum Gasteiger partial charge on any atom is -0.480 e. The second-order valence-electron chi connectivity index (χ2n) is 14.6. The van der Waals surface area contributed by atoms with Crippen molar-refractivity contribution in [1.29, 1.82) is 0 Å². The summed E-state index contributed by atoms with van der Waals surface area (Å²) in [5.41, 5.74) is 5.31. The first-order valence-corrected chi connectivity index (χ1v) is 22.0. The van der Waals surface area contributed by atoms with Gasteiger partial charge in [-0.25, -0.2) is 4.57 Å². The van der Waals surface area contributed by atoms with E-state index in [1.165, 1.54) is 38.5 Å². The van der Waals surface area contributed by atoms with Gasteiger partial charge in [-0.05, 0) is 32.1 Å². The first-order chi connectivity index (χ1) is 26.3. The predicted octanol–water partition coefficient (Wildman–Crippen LogP) is 6.87. The van der Waals surface area contributed by atoms with E-state index in [4.69, 9.17) is 24.8 Å². The normalized spacial score (nSPS) is 20.1. The van der Waals surface area contributed by atoms with Gasteiger partial charge < -0.3 is 35.4 Å². The number of aliphatic hydroxyl groups excluding tert-OH is 2. The second-order valence-corrected chi connectivity index (χ2v) is 16.0. The Morgan fingerprint density at radius 3 is 2.05 bits per heavy atom. The molecule has 7 atom stereocenters. The van der Waals surface area contributed by atoms with E-state index >= 15 is 0 Å². The van der Waals surface area contributed by atoms with Crippen molar-refractivity contribution in [2.45, 2.75) is 173 Å². The molecule has 0 saturated heterocycles. The van der Waals surface area contributed by atoms with Gasteiger partial charge in [0, 0.05) is 31.1 Å². The highest BCUT2D eigenvalue weighted by molar-refractivity contribution is 7.47. The van der Waals surface area contributed by atoms with Crippen LogP contribution in [0.5, 0.6) is 0 Å². The molecule has 0 aromatic rings. The van der Waals surface area contributed by atoms with Crippen molar-refractivity contribution in [2.75, 3.05) is 19.8 Å². The van der Waals surface area contributed by atoms with Crippen molar-refractivity contribution in [1.82, 2.24) is 0 Å². The lowest BCUT2D eigenvalue weighted by Gasteiger charge is -2.20. The number of unbranched alkanes of at least 4 members (excludes halogenated alkanes) is 13. The molecule has 1 aliphatic rings. The van der Waals surface area contributed by atoms with Gasteiger partial charge in [0.15, 0.2) is 6.10 Å². The van der Waals surface area contributed by atoms with Crippen LogP contribution in [0.25, 0.3) is 0 Å². The summed E-state index contributed by atoms with van der Waals surface area (Å²) in [6, 6.07) is -1.56. The number of aliphatic hydroxyl groups is 2.